The zero-order valence-electron chi connectivity index (χ0n) is 7.86. The first kappa shape index (κ1) is 11.3. The van der Waals surface area contributed by atoms with Crippen molar-refractivity contribution in [2.24, 2.45) is 0 Å². The highest BCUT2D eigenvalue weighted by Crippen LogP contribution is 2.35. The number of rotatable bonds is 3. The summed E-state index contributed by atoms with van der Waals surface area (Å²) < 4.78 is 4.84. The fraction of sp³-hybridized carbons (Fsp3) is 0.222. The number of nitriles is 1. The average Bonchev–Trinajstić information content (AvgIpc) is 2.20. The third-order valence-corrected chi connectivity index (χ3v) is 2.20. The summed E-state index contributed by atoms with van der Waals surface area (Å²) >= 11 is 5.77. The van der Waals surface area contributed by atoms with Gasteiger partial charge in [-0.25, -0.2) is 0 Å². The Morgan fingerprint density at radius 2 is 2.33 bits per heavy atom. The Kier molecular flexibility index (Phi) is 3.47. The number of nitro benzene ring substituents is 1. The highest BCUT2D eigenvalue weighted by atomic mass is 35.5. The molecule has 0 saturated carbocycles. The molecule has 15 heavy (non-hydrogen) atoms. The molecular formula is C9H7ClN2O3. The van der Waals surface area contributed by atoms with Crippen LogP contribution in [0.1, 0.15) is 5.56 Å². The summed E-state index contributed by atoms with van der Waals surface area (Å²) in [4.78, 5) is 10.2. The second kappa shape index (κ2) is 4.62. The third kappa shape index (κ3) is 2.17. The second-order valence-corrected chi connectivity index (χ2v) is 3.08. The Morgan fingerprint density at radius 3 is 2.80 bits per heavy atom. The zero-order valence-corrected chi connectivity index (χ0v) is 8.61. The number of ether oxygens (including phenoxy) is 1. The lowest BCUT2D eigenvalue weighted by Crippen LogP contribution is -1.99. The van der Waals surface area contributed by atoms with Gasteiger partial charge in [-0.2, -0.15) is 5.26 Å². The first-order valence-electron chi connectivity index (χ1n) is 3.98. The molecule has 1 aromatic carbocycles. The Bertz CT molecular complexity index is 440. The molecule has 0 heterocycles. The van der Waals surface area contributed by atoms with Gasteiger partial charge in [0.25, 0.3) is 0 Å². The molecule has 0 aliphatic rings. The van der Waals surface area contributed by atoms with Crippen LogP contribution in [-0.2, 0) is 6.42 Å². The van der Waals surface area contributed by atoms with Crippen LogP contribution in [0, 0.1) is 21.4 Å². The number of hydrogen-bond acceptors (Lipinski definition) is 4. The number of nitro groups is 1. The van der Waals surface area contributed by atoms with Crippen molar-refractivity contribution in [3.8, 4) is 11.8 Å². The van der Waals surface area contributed by atoms with Crippen LogP contribution in [0.4, 0.5) is 5.69 Å². The minimum atomic E-state index is -0.600. The molecular weight excluding hydrogens is 220 g/mol. The van der Waals surface area contributed by atoms with Crippen molar-refractivity contribution in [3.05, 3.63) is 32.8 Å². The summed E-state index contributed by atoms with van der Waals surface area (Å²) in [6.45, 7) is 0. The van der Waals surface area contributed by atoms with Gasteiger partial charge >= 0.3 is 5.69 Å². The number of nitrogens with zero attached hydrogens (tertiary/aromatic N) is 2. The van der Waals surface area contributed by atoms with Crippen molar-refractivity contribution < 1.29 is 9.66 Å². The largest absolute Gasteiger partial charge is 0.490 e. The predicted molar refractivity (Wildman–Crippen MR) is 54.0 cm³/mol. The second-order valence-electron chi connectivity index (χ2n) is 2.67. The van der Waals surface area contributed by atoms with Crippen LogP contribution in [0.15, 0.2) is 12.1 Å². The molecule has 0 aliphatic carbocycles. The average molecular weight is 227 g/mol. The number of benzene rings is 1. The van der Waals surface area contributed by atoms with Crippen molar-refractivity contribution in [2.75, 3.05) is 7.11 Å². The van der Waals surface area contributed by atoms with Gasteiger partial charge in [0, 0.05) is 0 Å². The van der Waals surface area contributed by atoms with E-state index < -0.39 is 4.92 Å². The first-order valence-corrected chi connectivity index (χ1v) is 4.36. The fourth-order valence-electron chi connectivity index (χ4n) is 1.20. The molecule has 6 heteroatoms. The molecule has 0 fully saturated rings. The van der Waals surface area contributed by atoms with Crippen molar-refractivity contribution in [2.45, 2.75) is 6.42 Å². The number of halogens is 1. The molecule has 0 saturated heterocycles. The van der Waals surface area contributed by atoms with Gasteiger partial charge in [-0.15, -0.1) is 0 Å². The van der Waals surface area contributed by atoms with Crippen LogP contribution in [0.2, 0.25) is 5.02 Å². The molecule has 78 valence electrons. The van der Waals surface area contributed by atoms with Crippen LogP contribution in [0.5, 0.6) is 5.75 Å². The Labute approximate surface area is 91.0 Å². The van der Waals surface area contributed by atoms with Gasteiger partial charge in [0.15, 0.2) is 5.75 Å². The van der Waals surface area contributed by atoms with Gasteiger partial charge in [-0.05, 0) is 12.1 Å². The molecule has 1 rings (SSSR count). The Balaban J connectivity index is 3.45. The summed E-state index contributed by atoms with van der Waals surface area (Å²) in [5, 5.41) is 19.5. The van der Waals surface area contributed by atoms with Crippen molar-refractivity contribution in [3.63, 3.8) is 0 Å². The van der Waals surface area contributed by atoms with Crippen molar-refractivity contribution >= 4 is 17.3 Å². The Morgan fingerprint density at radius 1 is 1.67 bits per heavy atom. The van der Waals surface area contributed by atoms with Crippen LogP contribution >= 0.6 is 11.6 Å². The van der Waals surface area contributed by atoms with Gasteiger partial charge < -0.3 is 4.74 Å². The van der Waals surface area contributed by atoms with E-state index in [4.69, 9.17) is 21.6 Å². The fourth-order valence-corrected chi connectivity index (χ4v) is 1.42. The molecule has 5 nitrogen and oxygen atoms in total. The zero-order chi connectivity index (χ0) is 11.4. The lowest BCUT2D eigenvalue weighted by Gasteiger charge is -2.06. The molecule has 0 bridgehead atoms. The molecule has 0 aromatic heterocycles. The number of methoxy groups -OCH3 is 1. The van der Waals surface area contributed by atoms with E-state index in [2.05, 4.69) is 0 Å². The van der Waals surface area contributed by atoms with Crippen molar-refractivity contribution in [1.82, 2.24) is 0 Å². The standard InChI is InChI=1S/C9H7ClN2O3/c1-15-8-3-2-7(10)6(4-5-11)9(8)12(13)14/h2-3H,4H2,1H3. The maximum Gasteiger partial charge on any atom is 0.316 e. The minimum Gasteiger partial charge on any atom is -0.490 e. The van der Waals surface area contributed by atoms with E-state index in [-0.39, 0.29) is 28.4 Å². The van der Waals surface area contributed by atoms with E-state index in [1.165, 1.54) is 19.2 Å². The van der Waals surface area contributed by atoms with E-state index in [9.17, 15) is 10.1 Å². The predicted octanol–water partition coefficient (Wildman–Crippen LogP) is 2.32. The summed E-state index contributed by atoms with van der Waals surface area (Å²) in [7, 11) is 1.33. The SMILES string of the molecule is COc1ccc(Cl)c(CC#N)c1[N+](=O)[O-]. The lowest BCUT2D eigenvalue weighted by atomic mass is 10.1. The van der Waals surface area contributed by atoms with Crippen LogP contribution in [0.3, 0.4) is 0 Å². The summed E-state index contributed by atoms with van der Waals surface area (Å²) in [5.74, 6) is 0.106. The Hall–Kier alpha value is -1.80. The van der Waals surface area contributed by atoms with Gasteiger partial charge in [0.05, 0.1) is 35.1 Å². The monoisotopic (exact) mass is 226 g/mol. The van der Waals surface area contributed by atoms with E-state index >= 15 is 0 Å². The minimum absolute atomic E-state index is 0.106. The molecule has 0 N–H and O–H groups in total. The van der Waals surface area contributed by atoms with Crippen LogP contribution in [-0.4, -0.2) is 12.0 Å². The van der Waals surface area contributed by atoms with Gasteiger partial charge in [0.2, 0.25) is 0 Å². The maximum absolute atomic E-state index is 10.8. The molecule has 0 amide bonds. The van der Waals surface area contributed by atoms with Crippen LogP contribution in [0.25, 0.3) is 0 Å². The highest BCUT2D eigenvalue weighted by Gasteiger charge is 2.22. The van der Waals surface area contributed by atoms with Crippen LogP contribution < -0.4 is 4.74 Å². The quantitative estimate of drug-likeness (QED) is 0.585. The molecule has 0 radical (unpaired) electrons. The summed E-state index contributed by atoms with van der Waals surface area (Å²) in [6.07, 6.45) is -0.119. The summed E-state index contributed by atoms with van der Waals surface area (Å²) in [5.41, 5.74) is -0.0601. The van der Waals surface area contributed by atoms with Gasteiger partial charge in [-0.1, -0.05) is 11.6 Å². The molecule has 0 atom stereocenters. The molecule has 0 unspecified atom stereocenters. The highest BCUT2D eigenvalue weighted by molar-refractivity contribution is 6.31. The van der Waals surface area contributed by atoms with E-state index in [1.807, 2.05) is 6.07 Å². The maximum atomic E-state index is 10.8. The third-order valence-electron chi connectivity index (χ3n) is 1.85. The normalized spacial score (nSPS) is 9.40. The number of hydrogen-bond donors (Lipinski definition) is 0. The first-order chi connectivity index (χ1) is 7.11. The molecule has 0 aliphatic heterocycles. The molecule has 0 spiro atoms. The van der Waals surface area contributed by atoms with Crippen molar-refractivity contribution in [1.29, 1.82) is 5.26 Å². The summed E-state index contributed by atoms with van der Waals surface area (Å²) in [6, 6.07) is 4.70. The van der Waals surface area contributed by atoms with E-state index in [0.717, 1.165) is 0 Å². The van der Waals surface area contributed by atoms with E-state index in [0.29, 0.717) is 0 Å². The molecule has 1 aromatic rings. The van der Waals surface area contributed by atoms with Gasteiger partial charge in [-0.3, -0.25) is 10.1 Å². The smallest absolute Gasteiger partial charge is 0.316 e. The lowest BCUT2D eigenvalue weighted by molar-refractivity contribution is -0.386. The van der Waals surface area contributed by atoms with Gasteiger partial charge in [0.1, 0.15) is 0 Å². The topological polar surface area (TPSA) is 76.2 Å². The van der Waals surface area contributed by atoms with E-state index in [1.54, 1.807) is 0 Å².